The van der Waals surface area contributed by atoms with Gasteiger partial charge in [-0.15, -0.1) is 0 Å². The SMILES string of the molecule is NC(=O)N/N=C\c1cc(Br)c(OCc2cccc3ccccc23)c(Br)c1. The maximum Gasteiger partial charge on any atom is 0.332 e. The number of hydrogen-bond donors (Lipinski definition) is 2. The van der Waals surface area contributed by atoms with Gasteiger partial charge >= 0.3 is 6.03 Å². The van der Waals surface area contributed by atoms with Crippen LogP contribution in [-0.2, 0) is 6.61 Å². The molecule has 0 aliphatic rings. The van der Waals surface area contributed by atoms with Gasteiger partial charge in [-0.2, -0.15) is 5.10 Å². The number of hydrazone groups is 1. The van der Waals surface area contributed by atoms with E-state index in [1.165, 1.54) is 17.0 Å². The van der Waals surface area contributed by atoms with Crippen LogP contribution in [0.3, 0.4) is 0 Å². The van der Waals surface area contributed by atoms with Crippen LogP contribution < -0.4 is 15.9 Å². The van der Waals surface area contributed by atoms with Crippen molar-refractivity contribution in [1.29, 1.82) is 0 Å². The van der Waals surface area contributed by atoms with Gasteiger partial charge in [-0.1, -0.05) is 42.5 Å². The summed E-state index contributed by atoms with van der Waals surface area (Å²) < 4.78 is 7.57. The van der Waals surface area contributed by atoms with Gasteiger partial charge in [0.25, 0.3) is 0 Å². The molecule has 0 spiro atoms. The van der Waals surface area contributed by atoms with E-state index in [1.807, 2.05) is 30.3 Å². The van der Waals surface area contributed by atoms with Crippen molar-refractivity contribution in [1.82, 2.24) is 5.43 Å². The molecule has 5 nitrogen and oxygen atoms in total. The number of benzene rings is 3. The third-order valence-electron chi connectivity index (χ3n) is 3.66. The third kappa shape index (κ3) is 4.42. The number of urea groups is 1. The quantitative estimate of drug-likeness (QED) is 0.404. The number of carbonyl (C=O) groups is 1. The molecule has 0 radical (unpaired) electrons. The van der Waals surface area contributed by atoms with Crippen LogP contribution in [-0.4, -0.2) is 12.2 Å². The summed E-state index contributed by atoms with van der Waals surface area (Å²) in [5.41, 5.74) is 9.01. The minimum atomic E-state index is -0.713. The average Bonchev–Trinajstić information content (AvgIpc) is 2.61. The van der Waals surface area contributed by atoms with Gasteiger partial charge in [-0.3, -0.25) is 0 Å². The second kappa shape index (κ2) is 8.33. The molecular formula is C19H15Br2N3O2. The molecule has 0 unspecified atom stereocenters. The molecule has 26 heavy (non-hydrogen) atoms. The van der Waals surface area contributed by atoms with E-state index in [4.69, 9.17) is 10.5 Å². The highest BCUT2D eigenvalue weighted by Gasteiger charge is 2.10. The summed E-state index contributed by atoms with van der Waals surface area (Å²) in [5.74, 6) is 0.693. The van der Waals surface area contributed by atoms with Crippen LogP contribution in [0.15, 0.2) is 68.6 Å². The normalized spacial score (nSPS) is 11.0. The predicted molar refractivity (Wildman–Crippen MR) is 110 cm³/mol. The lowest BCUT2D eigenvalue weighted by molar-refractivity contribution is 0.249. The number of nitrogens with two attached hydrogens (primary N) is 1. The Bertz CT molecular complexity index is 961. The number of nitrogens with zero attached hydrogens (tertiary/aromatic N) is 1. The first kappa shape index (κ1) is 18.4. The maximum atomic E-state index is 10.6. The van der Waals surface area contributed by atoms with Gasteiger partial charge in [-0.05, 0) is 65.9 Å². The van der Waals surface area contributed by atoms with Crippen molar-refractivity contribution in [3.05, 3.63) is 74.7 Å². The van der Waals surface area contributed by atoms with E-state index in [1.54, 1.807) is 0 Å². The molecule has 3 N–H and O–H groups in total. The molecule has 3 rings (SSSR count). The molecule has 0 heterocycles. The zero-order valence-electron chi connectivity index (χ0n) is 13.6. The molecule has 3 aromatic carbocycles. The zero-order valence-corrected chi connectivity index (χ0v) is 16.7. The number of nitrogens with one attached hydrogen (secondary N) is 1. The molecule has 0 bridgehead atoms. The Hall–Kier alpha value is -2.38. The fraction of sp³-hybridized carbons (Fsp3) is 0.0526. The second-order valence-corrected chi connectivity index (χ2v) is 7.18. The lowest BCUT2D eigenvalue weighted by Crippen LogP contribution is -2.24. The van der Waals surface area contributed by atoms with E-state index >= 15 is 0 Å². The Morgan fingerprint density at radius 1 is 1.12 bits per heavy atom. The van der Waals surface area contributed by atoms with Crippen LogP contribution in [0.5, 0.6) is 5.75 Å². The third-order valence-corrected chi connectivity index (χ3v) is 4.84. The van der Waals surface area contributed by atoms with Gasteiger partial charge in [-0.25, -0.2) is 10.2 Å². The van der Waals surface area contributed by atoms with Gasteiger partial charge in [0.1, 0.15) is 12.4 Å². The highest BCUT2D eigenvalue weighted by Crippen LogP contribution is 2.35. The van der Waals surface area contributed by atoms with Crippen molar-refractivity contribution in [3.63, 3.8) is 0 Å². The summed E-state index contributed by atoms with van der Waals surface area (Å²) in [4.78, 5) is 10.6. The Balaban J connectivity index is 1.79. The Labute approximate surface area is 167 Å². The van der Waals surface area contributed by atoms with Crippen LogP contribution in [0.2, 0.25) is 0 Å². The largest absolute Gasteiger partial charge is 0.487 e. The molecule has 3 aromatic rings. The maximum absolute atomic E-state index is 10.6. The van der Waals surface area contributed by atoms with Crippen LogP contribution in [0.1, 0.15) is 11.1 Å². The fourth-order valence-corrected chi connectivity index (χ4v) is 3.98. The molecule has 7 heteroatoms. The number of rotatable bonds is 5. The topological polar surface area (TPSA) is 76.7 Å². The number of carbonyl (C=O) groups excluding carboxylic acids is 1. The summed E-state index contributed by atoms with van der Waals surface area (Å²) in [5, 5.41) is 6.10. The molecule has 0 saturated heterocycles. The molecule has 0 saturated carbocycles. The van der Waals surface area contributed by atoms with Crippen molar-refractivity contribution in [3.8, 4) is 5.75 Å². The van der Waals surface area contributed by atoms with Gasteiger partial charge in [0.2, 0.25) is 0 Å². The first-order chi connectivity index (χ1) is 12.5. The van der Waals surface area contributed by atoms with Crippen molar-refractivity contribution in [2.45, 2.75) is 6.61 Å². The number of hydrogen-bond acceptors (Lipinski definition) is 3. The summed E-state index contributed by atoms with van der Waals surface area (Å²) in [6.45, 7) is 0.440. The second-order valence-electron chi connectivity index (χ2n) is 5.47. The molecular weight excluding hydrogens is 462 g/mol. The lowest BCUT2D eigenvalue weighted by Gasteiger charge is -2.13. The smallest absolute Gasteiger partial charge is 0.332 e. The molecule has 2 amide bonds. The van der Waals surface area contributed by atoms with Crippen molar-refractivity contribution >= 4 is 54.9 Å². The first-order valence-electron chi connectivity index (χ1n) is 7.71. The number of halogens is 2. The summed E-state index contributed by atoms with van der Waals surface area (Å²) in [6.07, 6.45) is 1.49. The zero-order chi connectivity index (χ0) is 18.5. The van der Waals surface area contributed by atoms with E-state index < -0.39 is 6.03 Å². The number of fused-ring (bicyclic) bond motifs is 1. The Morgan fingerprint density at radius 3 is 2.54 bits per heavy atom. The van der Waals surface area contributed by atoms with Crippen LogP contribution in [0.4, 0.5) is 4.79 Å². The van der Waals surface area contributed by atoms with Crippen molar-refractivity contribution in [2.24, 2.45) is 10.8 Å². The summed E-state index contributed by atoms with van der Waals surface area (Å²) in [7, 11) is 0. The number of amides is 2. The summed E-state index contributed by atoms with van der Waals surface area (Å²) in [6, 6.07) is 17.3. The van der Waals surface area contributed by atoms with E-state index in [2.05, 4.69) is 66.7 Å². The average molecular weight is 477 g/mol. The highest BCUT2D eigenvalue weighted by atomic mass is 79.9. The van der Waals surface area contributed by atoms with Gasteiger partial charge in [0, 0.05) is 0 Å². The van der Waals surface area contributed by atoms with Gasteiger partial charge in [0.05, 0.1) is 15.2 Å². The predicted octanol–water partition coefficient (Wildman–Crippen LogP) is 4.95. The van der Waals surface area contributed by atoms with Crippen molar-refractivity contribution < 1.29 is 9.53 Å². The van der Waals surface area contributed by atoms with Crippen molar-refractivity contribution in [2.75, 3.05) is 0 Å². The molecule has 0 aliphatic carbocycles. The lowest BCUT2D eigenvalue weighted by atomic mass is 10.1. The Kier molecular flexibility index (Phi) is 5.90. The van der Waals surface area contributed by atoms with Crippen LogP contribution >= 0.6 is 31.9 Å². The Morgan fingerprint density at radius 2 is 1.81 bits per heavy atom. The first-order valence-corrected chi connectivity index (χ1v) is 9.30. The monoisotopic (exact) mass is 475 g/mol. The van der Waals surface area contributed by atoms with Crippen LogP contribution in [0.25, 0.3) is 10.8 Å². The van der Waals surface area contributed by atoms with E-state index in [9.17, 15) is 4.79 Å². The van der Waals surface area contributed by atoms with Crippen LogP contribution in [0, 0.1) is 0 Å². The molecule has 0 atom stereocenters. The minimum absolute atomic E-state index is 0.440. The van der Waals surface area contributed by atoms with Gasteiger partial charge < -0.3 is 10.5 Å². The van der Waals surface area contributed by atoms with Gasteiger partial charge in [0.15, 0.2) is 0 Å². The van der Waals surface area contributed by atoms with E-state index in [0.29, 0.717) is 12.4 Å². The number of primary amides is 1. The minimum Gasteiger partial charge on any atom is -0.487 e. The molecule has 0 fully saturated rings. The number of ether oxygens (including phenoxy) is 1. The van der Waals surface area contributed by atoms with E-state index in [-0.39, 0.29) is 0 Å². The summed E-state index contributed by atoms with van der Waals surface area (Å²) >= 11 is 7.03. The highest BCUT2D eigenvalue weighted by molar-refractivity contribution is 9.11. The fourth-order valence-electron chi connectivity index (χ4n) is 2.53. The molecule has 0 aliphatic heterocycles. The standard InChI is InChI=1S/C19H15Br2N3O2/c20-16-8-12(10-23-24-19(22)25)9-17(21)18(16)26-11-14-6-3-5-13-4-1-2-7-15(13)14/h1-10H,11H2,(H3,22,24,25)/b23-10-. The molecule has 0 aromatic heterocycles. The molecule has 132 valence electrons. The van der Waals surface area contributed by atoms with E-state index in [0.717, 1.165) is 20.1 Å².